The molecule has 2 nitrogen and oxygen atoms in total. The lowest BCUT2D eigenvalue weighted by Gasteiger charge is -2.41. The Morgan fingerprint density at radius 3 is 2.88 bits per heavy atom. The Hall–Kier alpha value is -0.0800. The van der Waals surface area contributed by atoms with Crippen LogP contribution in [0.4, 0.5) is 0 Å². The Kier molecular flexibility index (Phi) is 5.79. The molecule has 0 radical (unpaired) electrons. The van der Waals surface area contributed by atoms with Crippen molar-refractivity contribution in [1.82, 2.24) is 10.2 Å². The molecule has 1 N–H and O–H groups in total. The van der Waals surface area contributed by atoms with Gasteiger partial charge in [-0.15, -0.1) is 0 Å². The van der Waals surface area contributed by atoms with E-state index < -0.39 is 0 Å². The summed E-state index contributed by atoms with van der Waals surface area (Å²) in [7, 11) is 0. The maximum atomic E-state index is 3.70. The minimum atomic E-state index is 0.847. The predicted octanol–water partition coefficient (Wildman–Crippen LogP) is 3.03. The summed E-state index contributed by atoms with van der Waals surface area (Å²) in [6, 6.07) is 0.847. The number of rotatable bonds is 6. The number of hydrogen-bond acceptors (Lipinski definition) is 2. The highest BCUT2D eigenvalue weighted by molar-refractivity contribution is 4.88. The minimum absolute atomic E-state index is 0.847. The van der Waals surface area contributed by atoms with E-state index in [1.54, 1.807) is 0 Å². The third kappa shape index (κ3) is 4.26. The molecule has 2 aliphatic rings. The standard InChI is InChI=1S/C15H30N2/c1-2-3-4-5-6-11-17-12-9-15-14(13-17)8-7-10-16-15/h14-16H,2-13H2,1H3. The number of likely N-dealkylation sites (tertiary alicyclic amines) is 1. The molecule has 0 saturated carbocycles. The van der Waals surface area contributed by atoms with Crippen LogP contribution in [0.25, 0.3) is 0 Å². The fraction of sp³-hybridized carbons (Fsp3) is 1.00. The molecule has 17 heavy (non-hydrogen) atoms. The van der Waals surface area contributed by atoms with Crippen molar-refractivity contribution < 1.29 is 0 Å². The largest absolute Gasteiger partial charge is 0.314 e. The smallest absolute Gasteiger partial charge is 0.0120 e. The van der Waals surface area contributed by atoms with Crippen LogP contribution in [-0.4, -0.2) is 37.1 Å². The fourth-order valence-corrected chi connectivity index (χ4v) is 3.46. The van der Waals surface area contributed by atoms with Gasteiger partial charge in [0.1, 0.15) is 0 Å². The first kappa shape index (κ1) is 13.4. The van der Waals surface area contributed by atoms with Crippen molar-refractivity contribution in [2.45, 2.75) is 64.3 Å². The molecule has 100 valence electrons. The quantitative estimate of drug-likeness (QED) is 0.716. The van der Waals surface area contributed by atoms with Gasteiger partial charge in [-0.3, -0.25) is 0 Å². The average molecular weight is 238 g/mol. The van der Waals surface area contributed by atoms with Gasteiger partial charge in [0.2, 0.25) is 0 Å². The fourth-order valence-electron chi connectivity index (χ4n) is 3.46. The van der Waals surface area contributed by atoms with Crippen LogP contribution in [0.1, 0.15) is 58.3 Å². The van der Waals surface area contributed by atoms with E-state index in [1.165, 1.54) is 77.5 Å². The minimum Gasteiger partial charge on any atom is -0.314 e. The van der Waals surface area contributed by atoms with Gasteiger partial charge in [0.15, 0.2) is 0 Å². The molecule has 2 heterocycles. The van der Waals surface area contributed by atoms with Gasteiger partial charge in [-0.05, 0) is 51.2 Å². The molecule has 2 unspecified atom stereocenters. The molecular weight excluding hydrogens is 208 g/mol. The lowest BCUT2D eigenvalue weighted by molar-refractivity contribution is 0.112. The predicted molar refractivity (Wildman–Crippen MR) is 74.3 cm³/mol. The second-order valence-corrected chi connectivity index (χ2v) is 5.97. The molecule has 2 aliphatic heterocycles. The van der Waals surface area contributed by atoms with Crippen LogP contribution >= 0.6 is 0 Å². The summed E-state index contributed by atoms with van der Waals surface area (Å²) in [5.74, 6) is 0.952. The summed E-state index contributed by atoms with van der Waals surface area (Å²) < 4.78 is 0. The number of nitrogens with zero attached hydrogens (tertiary/aromatic N) is 1. The van der Waals surface area contributed by atoms with Gasteiger partial charge in [-0.2, -0.15) is 0 Å². The van der Waals surface area contributed by atoms with Gasteiger partial charge in [0.25, 0.3) is 0 Å². The molecule has 0 aromatic rings. The first-order valence-electron chi connectivity index (χ1n) is 7.86. The molecule has 0 spiro atoms. The molecule has 2 heteroatoms. The van der Waals surface area contributed by atoms with E-state index in [0.717, 1.165) is 12.0 Å². The van der Waals surface area contributed by atoms with Gasteiger partial charge < -0.3 is 10.2 Å². The summed E-state index contributed by atoms with van der Waals surface area (Å²) in [5, 5.41) is 3.70. The highest BCUT2D eigenvalue weighted by atomic mass is 15.1. The van der Waals surface area contributed by atoms with E-state index in [0.29, 0.717) is 0 Å². The number of unbranched alkanes of at least 4 members (excludes halogenated alkanes) is 4. The lowest BCUT2D eigenvalue weighted by atomic mass is 9.85. The van der Waals surface area contributed by atoms with E-state index in [4.69, 9.17) is 0 Å². The zero-order valence-corrected chi connectivity index (χ0v) is 11.6. The Bertz CT molecular complexity index is 205. The third-order valence-electron chi connectivity index (χ3n) is 4.55. The SMILES string of the molecule is CCCCCCCN1CCC2NCCCC2C1. The molecule has 2 fully saturated rings. The van der Waals surface area contributed by atoms with Crippen LogP contribution in [0.5, 0.6) is 0 Å². The van der Waals surface area contributed by atoms with E-state index in [2.05, 4.69) is 17.1 Å². The van der Waals surface area contributed by atoms with Crippen molar-refractivity contribution >= 4 is 0 Å². The van der Waals surface area contributed by atoms with Gasteiger partial charge in [0.05, 0.1) is 0 Å². The number of fused-ring (bicyclic) bond motifs is 1. The van der Waals surface area contributed by atoms with E-state index in [9.17, 15) is 0 Å². The van der Waals surface area contributed by atoms with Crippen LogP contribution < -0.4 is 5.32 Å². The summed E-state index contributed by atoms with van der Waals surface area (Å²) in [6.45, 7) is 7.61. The lowest BCUT2D eigenvalue weighted by Crippen LogP contribution is -2.52. The molecule has 2 saturated heterocycles. The summed E-state index contributed by atoms with van der Waals surface area (Å²) in [6.07, 6.45) is 11.3. The zero-order chi connectivity index (χ0) is 11.9. The maximum Gasteiger partial charge on any atom is 0.0120 e. The maximum absolute atomic E-state index is 3.70. The number of nitrogens with one attached hydrogen (secondary N) is 1. The number of piperidine rings is 2. The third-order valence-corrected chi connectivity index (χ3v) is 4.55. The van der Waals surface area contributed by atoms with Crippen molar-refractivity contribution in [3.8, 4) is 0 Å². The molecule has 0 bridgehead atoms. The first-order valence-corrected chi connectivity index (χ1v) is 7.86. The Morgan fingerprint density at radius 2 is 2.00 bits per heavy atom. The van der Waals surface area contributed by atoms with Crippen LogP contribution in [0, 0.1) is 5.92 Å². The van der Waals surface area contributed by atoms with Gasteiger partial charge in [-0.25, -0.2) is 0 Å². The Morgan fingerprint density at radius 1 is 1.12 bits per heavy atom. The second kappa shape index (κ2) is 7.38. The molecule has 2 rings (SSSR count). The normalized spacial score (nSPS) is 30.2. The van der Waals surface area contributed by atoms with Crippen LogP contribution in [0.2, 0.25) is 0 Å². The monoisotopic (exact) mass is 238 g/mol. The summed E-state index contributed by atoms with van der Waals surface area (Å²) in [4.78, 5) is 2.72. The van der Waals surface area contributed by atoms with Crippen molar-refractivity contribution in [3.63, 3.8) is 0 Å². The Balaban J connectivity index is 1.59. The summed E-state index contributed by atoms with van der Waals surface area (Å²) >= 11 is 0. The van der Waals surface area contributed by atoms with Crippen molar-refractivity contribution in [2.24, 2.45) is 5.92 Å². The van der Waals surface area contributed by atoms with Gasteiger partial charge in [0, 0.05) is 12.6 Å². The topological polar surface area (TPSA) is 15.3 Å². The molecule has 0 aromatic heterocycles. The van der Waals surface area contributed by atoms with Crippen molar-refractivity contribution in [1.29, 1.82) is 0 Å². The first-order chi connectivity index (χ1) is 8.40. The van der Waals surface area contributed by atoms with E-state index in [1.807, 2.05) is 0 Å². The number of hydrogen-bond donors (Lipinski definition) is 1. The molecule has 0 amide bonds. The highest BCUT2D eigenvalue weighted by Gasteiger charge is 2.30. The van der Waals surface area contributed by atoms with Crippen LogP contribution in [-0.2, 0) is 0 Å². The zero-order valence-electron chi connectivity index (χ0n) is 11.6. The van der Waals surface area contributed by atoms with Gasteiger partial charge >= 0.3 is 0 Å². The Labute approximate surface area is 107 Å². The van der Waals surface area contributed by atoms with Crippen molar-refractivity contribution in [3.05, 3.63) is 0 Å². The van der Waals surface area contributed by atoms with Gasteiger partial charge in [-0.1, -0.05) is 32.6 Å². The average Bonchev–Trinajstić information content (AvgIpc) is 2.38. The van der Waals surface area contributed by atoms with E-state index >= 15 is 0 Å². The molecule has 0 aliphatic carbocycles. The van der Waals surface area contributed by atoms with Crippen LogP contribution in [0.3, 0.4) is 0 Å². The summed E-state index contributed by atoms with van der Waals surface area (Å²) in [5.41, 5.74) is 0. The highest BCUT2D eigenvalue weighted by Crippen LogP contribution is 2.24. The molecule has 0 aromatic carbocycles. The molecular formula is C15H30N2. The second-order valence-electron chi connectivity index (χ2n) is 5.97. The van der Waals surface area contributed by atoms with Crippen LogP contribution in [0.15, 0.2) is 0 Å². The molecule has 2 atom stereocenters. The van der Waals surface area contributed by atoms with E-state index in [-0.39, 0.29) is 0 Å². The van der Waals surface area contributed by atoms with Crippen molar-refractivity contribution in [2.75, 3.05) is 26.2 Å².